The second-order valence-electron chi connectivity index (χ2n) is 4.66. The van der Waals surface area contributed by atoms with Crippen molar-refractivity contribution in [3.63, 3.8) is 0 Å². The average molecular weight is 266 g/mol. The lowest BCUT2D eigenvalue weighted by Crippen LogP contribution is -2.51. The average Bonchev–Trinajstić information content (AvgIpc) is 2.40. The van der Waals surface area contributed by atoms with Gasteiger partial charge in [0.25, 0.3) is 5.91 Å². The Balaban J connectivity index is 2.25. The first-order chi connectivity index (χ1) is 9.13. The van der Waals surface area contributed by atoms with Crippen LogP contribution in [0.15, 0.2) is 18.2 Å². The van der Waals surface area contributed by atoms with Crippen LogP contribution in [0.25, 0.3) is 0 Å². The van der Waals surface area contributed by atoms with Crippen molar-refractivity contribution in [3.8, 4) is 5.75 Å². The second-order valence-corrected chi connectivity index (χ2v) is 4.66. The number of amides is 1. The maximum absolute atomic E-state index is 13.7. The summed E-state index contributed by atoms with van der Waals surface area (Å²) in [5, 5.41) is 3.27. The monoisotopic (exact) mass is 266 g/mol. The van der Waals surface area contributed by atoms with Crippen molar-refractivity contribution < 1.29 is 13.9 Å². The summed E-state index contributed by atoms with van der Waals surface area (Å²) in [6.07, 6.45) is 0. The summed E-state index contributed by atoms with van der Waals surface area (Å²) in [6, 6.07) is 4.71. The van der Waals surface area contributed by atoms with Gasteiger partial charge < -0.3 is 15.0 Å². The Kier molecular flexibility index (Phi) is 4.37. The molecular formula is C14H19FN2O2. The van der Waals surface area contributed by atoms with Gasteiger partial charge in [-0.3, -0.25) is 4.79 Å². The third-order valence-electron chi connectivity index (χ3n) is 3.14. The fourth-order valence-electron chi connectivity index (χ4n) is 2.26. The van der Waals surface area contributed by atoms with Gasteiger partial charge in [0, 0.05) is 25.7 Å². The molecular weight excluding hydrogens is 247 g/mol. The molecule has 1 fully saturated rings. The molecule has 1 heterocycles. The Bertz CT molecular complexity index is 465. The molecule has 1 aliphatic heterocycles. The summed E-state index contributed by atoms with van der Waals surface area (Å²) in [5.41, 5.74) is 0.302. The van der Waals surface area contributed by atoms with E-state index in [1.165, 1.54) is 12.1 Å². The van der Waals surface area contributed by atoms with Crippen LogP contribution in [0, 0.1) is 5.82 Å². The van der Waals surface area contributed by atoms with Crippen LogP contribution < -0.4 is 10.1 Å². The third-order valence-corrected chi connectivity index (χ3v) is 3.14. The van der Waals surface area contributed by atoms with E-state index in [4.69, 9.17) is 4.74 Å². The zero-order chi connectivity index (χ0) is 13.8. The molecule has 0 spiro atoms. The van der Waals surface area contributed by atoms with Crippen LogP contribution in [0.5, 0.6) is 5.75 Å². The Morgan fingerprint density at radius 3 is 3.05 bits per heavy atom. The van der Waals surface area contributed by atoms with E-state index in [0.29, 0.717) is 25.3 Å². The van der Waals surface area contributed by atoms with Gasteiger partial charge in [0.2, 0.25) is 0 Å². The van der Waals surface area contributed by atoms with E-state index in [1.807, 2.05) is 6.92 Å². The number of para-hydroxylation sites is 1. The molecule has 1 aromatic rings. The van der Waals surface area contributed by atoms with Gasteiger partial charge in [-0.2, -0.15) is 0 Å². The van der Waals surface area contributed by atoms with E-state index in [-0.39, 0.29) is 17.7 Å². The molecule has 0 bridgehead atoms. The van der Waals surface area contributed by atoms with Gasteiger partial charge in [0.15, 0.2) is 11.6 Å². The largest absolute Gasteiger partial charge is 0.490 e. The van der Waals surface area contributed by atoms with Crippen molar-refractivity contribution in [2.24, 2.45) is 0 Å². The summed E-state index contributed by atoms with van der Waals surface area (Å²) in [4.78, 5) is 14.2. The third kappa shape index (κ3) is 3.04. The van der Waals surface area contributed by atoms with E-state index in [2.05, 4.69) is 5.32 Å². The molecule has 1 amide bonds. The van der Waals surface area contributed by atoms with Gasteiger partial charge in [0.05, 0.1) is 12.2 Å². The first-order valence-electron chi connectivity index (χ1n) is 6.57. The number of ether oxygens (including phenoxy) is 1. The Hall–Kier alpha value is -1.62. The lowest BCUT2D eigenvalue weighted by Gasteiger charge is -2.32. The van der Waals surface area contributed by atoms with Crippen LogP contribution in [0.1, 0.15) is 24.2 Å². The van der Waals surface area contributed by atoms with Crippen LogP contribution in [-0.4, -0.2) is 43.1 Å². The first-order valence-corrected chi connectivity index (χ1v) is 6.57. The van der Waals surface area contributed by atoms with Gasteiger partial charge in [-0.1, -0.05) is 6.07 Å². The Morgan fingerprint density at radius 1 is 1.58 bits per heavy atom. The number of carbonyl (C=O) groups excluding carboxylic acids is 1. The molecule has 5 heteroatoms. The molecule has 0 unspecified atom stereocenters. The summed E-state index contributed by atoms with van der Waals surface area (Å²) in [6.45, 7) is 6.14. The minimum atomic E-state index is -0.490. The summed E-state index contributed by atoms with van der Waals surface area (Å²) >= 11 is 0. The number of nitrogens with one attached hydrogen (secondary N) is 1. The molecule has 2 rings (SSSR count). The molecule has 1 aromatic carbocycles. The number of piperazine rings is 1. The fraction of sp³-hybridized carbons (Fsp3) is 0.500. The van der Waals surface area contributed by atoms with E-state index < -0.39 is 5.82 Å². The van der Waals surface area contributed by atoms with Gasteiger partial charge in [-0.25, -0.2) is 4.39 Å². The number of hydrogen-bond donors (Lipinski definition) is 1. The molecule has 1 saturated heterocycles. The molecule has 0 saturated carbocycles. The zero-order valence-corrected chi connectivity index (χ0v) is 11.3. The second kappa shape index (κ2) is 6.02. The maximum Gasteiger partial charge on any atom is 0.257 e. The first kappa shape index (κ1) is 13.8. The highest BCUT2D eigenvalue weighted by molar-refractivity contribution is 5.97. The molecule has 0 aliphatic carbocycles. The van der Waals surface area contributed by atoms with Crippen LogP contribution in [-0.2, 0) is 0 Å². The van der Waals surface area contributed by atoms with Crippen molar-refractivity contribution in [1.29, 1.82) is 0 Å². The lowest BCUT2D eigenvalue weighted by atomic mass is 10.1. The number of benzene rings is 1. The van der Waals surface area contributed by atoms with Crippen molar-refractivity contribution in [2.45, 2.75) is 19.9 Å². The maximum atomic E-state index is 13.7. The summed E-state index contributed by atoms with van der Waals surface area (Å²) in [7, 11) is 0. The Morgan fingerprint density at radius 2 is 2.37 bits per heavy atom. The van der Waals surface area contributed by atoms with E-state index in [9.17, 15) is 9.18 Å². The molecule has 19 heavy (non-hydrogen) atoms. The topological polar surface area (TPSA) is 41.6 Å². The van der Waals surface area contributed by atoms with Crippen LogP contribution in [0.2, 0.25) is 0 Å². The fourth-order valence-corrected chi connectivity index (χ4v) is 2.26. The minimum Gasteiger partial charge on any atom is -0.490 e. The lowest BCUT2D eigenvalue weighted by molar-refractivity contribution is 0.0704. The van der Waals surface area contributed by atoms with Gasteiger partial charge in [-0.05, 0) is 26.0 Å². The van der Waals surface area contributed by atoms with Crippen LogP contribution in [0.4, 0.5) is 4.39 Å². The molecule has 1 atom stereocenters. The van der Waals surface area contributed by atoms with E-state index >= 15 is 0 Å². The number of hydrogen-bond acceptors (Lipinski definition) is 3. The smallest absolute Gasteiger partial charge is 0.257 e. The van der Waals surface area contributed by atoms with Gasteiger partial charge >= 0.3 is 0 Å². The SMILES string of the molecule is CCOc1c(F)cccc1C(=O)N1CCN[C@H](C)C1. The standard InChI is InChI=1S/C14H19FN2O2/c1-3-19-13-11(5-4-6-12(13)15)14(18)17-8-7-16-10(2)9-17/h4-6,10,16H,3,7-9H2,1-2H3/t10-/m1/s1. The molecule has 0 aromatic heterocycles. The predicted molar refractivity (Wildman–Crippen MR) is 70.9 cm³/mol. The predicted octanol–water partition coefficient (Wildman–Crippen LogP) is 1.66. The number of halogens is 1. The number of carbonyl (C=O) groups is 1. The highest BCUT2D eigenvalue weighted by Crippen LogP contribution is 2.24. The van der Waals surface area contributed by atoms with Crippen molar-refractivity contribution in [2.75, 3.05) is 26.2 Å². The van der Waals surface area contributed by atoms with E-state index in [0.717, 1.165) is 6.54 Å². The van der Waals surface area contributed by atoms with Gasteiger partial charge in [0.1, 0.15) is 0 Å². The normalized spacial score (nSPS) is 19.3. The summed E-state index contributed by atoms with van der Waals surface area (Å²) < 4.78 is 19.0. The molecule has 1 N–H and O–H groups in total. The van der Waals surface area contributed by atoms with Gasteiger partial charge in [-0.15, -0.1) is 0 Å². The van der Waals surface area contributed by atoms with E-state index in [1.54, 1.807) is 17.9 Å². The molecule has 1 aliphatic rings. The van der Waals surface area contributed by atoms with Crippen molar-refractivity contribution in [3.05, 3.63) is 29.6 Å². The number of nitrogens with zero attached hydrogens (tertiary/aromatic N) is 1. The minimum absolute atomic E-state index is 0.0567. The Labute approximate surface area is 112 Å². The van der Waals surface area contributed by atoms with Crippen LogP contribution in [0.3, 0.4) is 0 Å². The quantitative estimate of drug-likeness (QED) is 0.904. The van der Waals surface area contributed by atoms with Crippen LogP contribution >= 0.6 is 0 Å². The highest BCUT2D eigenvalue weighted by Gasteiger charge is 2.25. The molecule has 0 radical (unpaired) electrons. The number of rotatable bonds is 3. The highest BCUT2D eigenvalue weighted by atomic mass is 19.1. The van der Waals surface area contributed by atoms with Crippen molar-refractivity contribution in [1.82, 2.24) is 10.2 Å². The molecule has 4 nitrogen and oxygen atoms in total. The zero-order valence-electron chi connectivity index (χ0n) is 11.3. The van der Waals surface area contributed by atoms with Crippen molar-refractivity contribution >= 4 is 5.91 Å². The summed E-state index contributed by atoms with van der Waals surface area (Å²) in [5.74, 6) is -0.603. The molecule has 104 valence electrons.